The quantitative estimate of drug-likeness (QED) is 0.615. The third kappa shape index (κ3) is 5.03. The molecule has 4 rings (SSSR count). The normalized spacial score (nSPS) is 19.2. The Labute approximate surface area is 191 Å². The Morgan fingerprint density at radius 2 is 1.64 bits per heavy atom. The molecule has 0 radical (unpaired) electrons. The average molecular weight is 469 g/mol. The van der Waals surface area contributed by atoms with Gasteiger partial charge in [-0.15, -0.1) is 0 Å². The molecule has 1 N–H and O–H groups in total. The summed E-state index contributed by atoms with van der Waals surface area (Å²) < 4.78 is 34.4. The van der Waals surface area contributed by atoms with Crippen LogP contribution >= 0.6 is 0 Å². The molecule has 3 aromatic rings. The number of nitrogens with one attached hydrogen (secondary N) is 1. The van der Waals surface area contributed by atoms with E-state index in [2.05, 4.69) is 10.4 Å². The van der Waals surface area contributed by atoms with Crippen LogP contribution in [0.15, 0.2) is 76.6 Å². The first-order valence-electron chi connectivity index (χ1n) is 10.5. The van der Waals surface area contributed by atoms with Crippen LogP contribution in [0.5, 0.6) is 0 Å². The minimum Gasteiger partial charge on any atom is -0.373 e. The number of ether oxygens (including phenoxy) is 1. The molecule has 1 aliphatic heterocycles. The number of benzene rings is 2. The molecule has 33 heavy (non-hydrogen) atoms. The number of carbonyl (C=O) groups is 1. The fourth-order valence-corrected chi connectivity index (χ4v) is 5.26. The maximum absolute atomic E-state index is 13.0. The molecule has 0 spiro atoms. The second-order valence-electron chi connectivity index (χ2n) is 7.87. The van der Waals surface area contributed by atoms with Gasteiger partial charge in [-0.1, -0.05) is 18.2 Å². The molecule has 172 valence electrons. The lowest BCUT2D eigenvalue weighted by Crippen LogP contribution is -2.48. The lowest BCUT2D eigenvalue weighted by Gasteiger charge is -2.34. The molecule has 1 aromatic heterocycles. The van der Waals surface area contributed by atoms with Gasteiger partial charge in [0.25, 0.3) is 5.91 Å². The summed E-state index contributed by atoms with van der Waals surface area (Å²) in [4.78, 5) is 25.0. The summed E-state index contributed by atoms with van der Waals surface area (Å²) in [5.74, 6) is -0.684. The van der Waals surface area contributed by atoms with Gasteiger partial charge in [0.15, 0.2) is 5.69 Å². The smallest absolute Gasteiger partial charge is 0.280 e. The highest BCUT2D eigenvalue weighted by Crippen LogP contribution is 2.22. The van der Waals surface area contributed by atoms with E-state index in [1.807, 2.05) is 32.0 Å². The highest BCUT2D eigenvalue weighted by atomic mass is 32.2. The van der Waals surface area contributed by atoms with Crippen LogP contribution in [0.2, 0.25) is 0 Å². The number of hydrogen-bond acceptors (Lipinski definition) is 6. The van der Waals surface area contributed by atoms with Gasteiger partial charge >= 0.3 is 0 Å². The van der Waals surface area contributed by atoms with Crippen molar-refractivity contribution in [2.75, 3.05) is 18.4 Å². The SMILES string of the molecule is C[C@@H]1CN(S(=O)(=O)c2ccc(NC(=O)c3nn(-c4ccccc4)ccc3=O)cc2)C[C@H](C)O1. The maximum atomic E-state index is 13.0. The Morgan fingerprint density at radius 3 is 2.27 bits per heavy atom. The summed E-state index contributed by atoms with van der Waals surface area (Å²) in [6, 6.07) is 16.2. The molecular formula is C23H24N4O5S. The van der Waals surface area contributed by atoms with Gasteiger partial charge in [0, 0.05) is 31.0 Å². The van der Waals surface area contributed by atoms with Crippen molar-refractivity contribution >= 4 is 21.6 Å². The standard InChI is InChI=1S/C23H24N4O5S/c1-16-14-26(15-17(2)32-16)33(30,31)20-10-8-18(9-11-20)24-23(29)22-21(28)12-13-27(25-22)19-6-4-3-5-7-19/h3-13,16-17H,14-15H2,1-2H3,(H,24,29)/t16-,17+. The summed E-state index contributed by atoms with van der Waals surface area (Å²) >= 11 is 0. The van der Waals surface area contributed by atoms with E-state index in [9.17, 15) is 18.0 Å². The van der Waals surface area contributed by atoms with Gasteiger partial charge in [-0.3, -0.25) is 9.59 Å². The number of para-hydroxylation sites is 1. The van der Waals surface area contributed by atoms with E-state index in [-0.39, 0.29) is 35.9 Å². The molecule has 1 fully saturated rings. The first-order valence-corrected chi connectivity index (χ1v) is 11.9. The van der Waals surface area contributed by atoms with Crippen molar-refractivity contribution in [3.63, 3.8) is 0 Å². The molecule has 1 amide bonds. The largest absolute Gasteiger partial charge is 0.373 e. The summed E-state index contributed by atoms with van der Waals surface area (Å²) in [5.41, 5.74) is 0.260. The van der Waals surface area contributed by atoms with Gasteiger partial charge in [-0.25, -0.2) is 13.1 Å². The number of anilines is 1. The van der Waals surface area contributed by atoms with Gasteiger partial charge in [-0.05, 0) is 50.2 Å². The Bertz CT molecular complexity index is 1300. The second-order valence-corrected chi connectivity index (χ2v) is 9.80. The second kappa shape index (κ2) is 9.26. The van der Waals surface area contributed by atoms with Gasteiger partial charge in [0.05, 0.1) is 22.8 Å². The van der Waals surface area contributed by atoms with Crippen molar-refractivity contribution in [3.8, 4) is 5.69 Å². The van der Waals surface area contributed by atoms with Gasteiger partial charge in [-0.2, -0.15) is 9.40 Å². The molecule has 1 saturated heterocycles. The van der Waals surface area contributed by atoms with Crippen molar-refractivity contribution in [3.05, 3.63) is 82.8 Å². The Kier molecular flexibility index (Phi) is 6.41. The molecule has 0 saturated carbocycles. The lowest BCUT2D eigenvalue weighted by atomic mass is 10.3. The fourth-order valence-electron chi connectivity index (χ4n) is 3.67. The predicted molar refractivity (Wildman–Crippen MR) is 123 cm³/mol. The molecule has 0 unspecified atom stereocenters. The number of aromatic nitrogens is 2. The monoisotopic (exact) mass is 468 g/mol. The summed E-state index contributed by atoms with van der Waals surface area (Å²) in [6.45, 7) is 4.22. The third-order valence-corrected chi connectivity index (χ3v) is 7.03. The molecule has 1 aliphatic rings. The molecule has 2 heterocycles. The van der Waals surface area contributed by atoms with Crippen LogP contribution in [0.25, 0.3) is 5.69 Å². The molecular weight excluding hydrogens is 444 g/mol. The number of sulfonamides is 1. The van der Waals surface area contributed by atoms with E-state index < -0.39 is 21.4 Å². The molecule has 9 nitrogen and oxygen atoms in total. The van der Waals surface area contributed by atoms with E-state index in [0.717, 1.165) is 0 Å². The Balaban J connectivity index is 1.52. The Hall–Kier alpha value is -3.34. The highest BCUT2D eigenvalue weighted by molar-refractivity contribution is 7.89. The highest BCUT2D eigenvalue weighted by Gasteiger charge is 2.32. The molecule has 0 aliphatic carbocycles. The first-order chi connectivity index (χ1) is 15.7. The number of morpholine rings is 1. The molecule has 2 aromatic carbocycles. The van der Waals surface area contributed by atoms with E-state index in [1.165, 1.54) is 45.5 Å². The zero-order valence-electron chi connectivity index (χ0n) is 18.2. The number of carbonyl (C=O) groups excluding carboxylic acids is 1. The first kappa shape index (κ1) is 22.8. The van der Waals surface area contributed by atoms with Gasteiger partial charge in [0.1, 0.15) is 0 Å². The lowest BCUT2D eigenvalue weighted by molar-refractivity contribution is -0.0440. The molecule has 0 bridgehead atoms. The van der Waals surface area contributed by atoms with E-state index in [1.54, 1.807) is 12.1 Å². The van der Waals surface area contributed by atoms with Crippen LogP contribution < -0.4 is 10.7 Å². The van der Waals surface area contributed by atoms with Crippen LogP contribution in [0.3, 0.4) is 0 Å². The van der Waals surface area contributed by atoms with Crippen LogP contribution in [-0.4, -0.2) is 53.7 Å². The minimum absolute atomic E-state index is 0.117. The summed E-state index contributed by atoms with van der Waals surface area (Å²) in [5, 5.41) is 6.76. The zero-order valence-corrected chi connectivity index (χ0v) is 19.0. The number of hydrogen-bond donors (Lipinski definition) is 1. The van der Waals surface area contributed by atoms with Crippen molar-refractivity contribution in [2.45, 2.75) is 31.0 Å². The summed E-state index contributed by atoms with van der Waals surface area (Å²) in [6.07, 6.45) is 1.10. The van der Waals surface area contributed by atoms with Crippen LogP contribution in [0, 0.1) is 0 Å². The molecule has 10 heteroatoms. The zero-order chi connectivity index (χ0) is 23.6. The van der Waals surface area contributed by atoms with E-state index in [4.69, 9.17) is 4.74 Å². The number of amides is 1. The topological polar surface area (TPSA) is 111 Å². The number of nitrogens with zero attached hydrogens (tertiary/aromatic N) is 3. The fraction of sp³-hybridized carbons (Fsp3) is 0.261. The predicted octanol–water partition coefficient (Wildman–Crippen LogP) is 2.28. The third-order valence-electron chi connectivity index (χ3n) is 5.18. The van der Waals surface area contributed by atoms with E-state index >= 15 is 0 Å². The van der Waals surface area contributed by atoms with Crippen LogP contribution in [0.1, 0.15) is 24.3 Å². The van der Waals surface area contributed by atoms with E-state index in [0.29, 0.717) is 11.4 Å². The van der Waals surface area contributed by atoms with Crippen molar-refractivity contribution in [2.24, 2.45) is 0 Å². The Morgan fingerprint density at radius 1 is 1.00 bits per heavy atom. The number of rotatable bonds is 5. The van der Waals surface area contributed by atoms with Crippen molar-refractivity contribution < 1.29 is 17.9 Å². The van der Waals surface area contributed by atoms with Crippen LogP contribution in [0.4, 0.5) is 5.69 Å². The van der Waals surface area contributed by atoms with Gasteiger partial charge in [0.2, 0.25) is 15.5 Å². The average Bonchev–Trinajstić information content (AvgIpc) is 2.79. The van der Waals surface area contributed by atoms with Crippen molar-refractivity contribution in [1.29, 1.82) is 0 Å². The maximum Gasteiger partial charge on any atom is 0.280 e. The van der Waals surface area contributed by atoms with Crippen molar-refractivity contribution in [1.82, 2.24) is 14.1 Å². The summed E-state index contributed by atoms with van der Waals surface area (Å²) in [7, 11) is -3.69. The minimum atomic E-state index is -3.69. The van der Waals surface area contributed by atoms with Gasteiger partial charge < -0.3 is 10.1 Å². The van der Waals surface area contributed by atoms with Crippen LogP contribution in [-0.2, 0) is 14.8 Å². The molecule has 2 atom stereocenters.